The Kier molecular flexibility index (Phi) is 10.6. The zero-order valence-electron chi connectivity index (χ0n) is 26.8. The van der Waals surface area contributed by atoms with Gasteiger partial charge < -0.3 is 28.8 Å². The molecule has 0 saturated carbocycles. The van der Waals surface area contributed by atoms with Gasteiger partial charge in [-0.2, -0.15) is 0 Å². The number of aliphatic hydroxyl groups excluding tert-OH is 1. The average Bonchev–Trinajstić information content (AvgIpc) is 3.10. The van der Waals surface area contributed by atoms with Crippen molar-refractivity contribution < 1.29 is 55.9 Å². The van der Waals surface area contributed by atoms with Crippen LogP contribution in [0.1, 0.15) is 51.9 Å². The molecule has 0 radical (unpaired) electrons. The van der Waals surface area contributed by atoms with E-state index in [4.69, 9.17) is 23.7 Å². The van der Waals surface area contributed by atoms with Crippen molar-refractivity contribution in [1.82, 2.24) is 9.97 Å². The molecule has 262 valence electrons. The Balaban J connectivity index is 1.10. The molecule has 0 unspecified atom stereocenters. The van der Waals surface area contributed by atoms with E-state index in [1.807, 2.05) is 0 Å². The van der Waals surface area contributed by atoms with Crippen LogP contribution in [0.5, 0.6) is 11.8 Å². The van der Waals surface area contributed by atoms with E-state index in [0.717, 1.165) is 24.3 Å². The van der Waals surface area contributed by atoms with Crippen LogP contribution < -0.4 is 9.47 Å². The van der Waals surface area contributed by atoms with Crippen LogP contribution in [-0.2, 0) is 27.1 Å². The Morgan fingerprint density at radius 3 is 1.78 bits per heavy atom. The van der Waals surface area contributed by atoms with Crippen molar-refractivity contribution in [2.75, 3.05) is 33.0 Å². The van der Waals surface area contributed by atoms with Gasteiger partial charge in [-0.3, -0.25) is 0 Å². The van der Waals surface area contributed by atoms with Gasteiger partial charge in [-0.15, -0.1) is 0 Å². The van der Waals surface area contributed by atoms with Crippen molar-refractivity contribution >= 4 is 11.9 Å². The third kappa shape index (κ3) is 7.55. The average molecular weight is 697 g/mol. The molecule has 0 saturated heterocycles. The molecular formula is C36H32F4N2O8. The number of fused-ring (bicyclic) bond motifs is 2. The largest absolute Gasteiger partial charge is 0.472 e. The lowest BCUT2D eigenvalue weighted by atomic mass is 9.94. The molecule has 2 aliphatic rings. The van der Waals surface area contributed by atoms with Crippen molar-refractivity contribution in [2.45, 2.75) is 44.8 Å². The highest BCUT2D eigenvalue weighted by atomic mass is 19.1. The highest BCUT2D eigenvalue weighted by molar-refractivity contribution is 5.91. The van der Waals surface area contributed by atoms with Crippen LogP contribution >= 0.6 is 0 Å². The second-order valence-electron chi connectivity index (χ2n) is 11.6. The quantitative estimate of drug-likeness (QED) is 0.117. The molecule has 0 bridgehead atoms. The molecule has 14 heteroatoms. The van der Waals surface area contributed by atoms with E-state index >= 15 is 0 Å². The van der Waals surface area contributed by atoms with Crippen LogP contribution in [0.4, 0.5) is 17.6 Å². The molecule has 4 aromatic rings. The van der Waals surface area contributed by atoms with Crippen molar-refractivity contribution in [3.63, 3.8) is 0 Å². The Bertz CT molecular complexity index is 1920. The number of aromatic nitrogens is 2. The van der Waals surface area contributed by atoms with Crippen LogP contribution in [0, 0.1) is 23.3 Å². The first kappa shape index (κ1) is 34.8. The molecule has 10 nitrogen and oxygen atoms in total. The van der Waals surface area contributed by atoms with Gasteiger partial charge in [0.25, 0.3) is 0 Å². The summed E-state index contributed by atoms with van der Waals surface area (Å²) in [7, 11) is 0. The van der Waals surface area contributed by atoms with Crippen LogP contribution in [0.3, 0.4) is 0 Å². The normalized spacial score (nSPS) is 16.4. The fraction of sp³-hybridized carbons (Fsp3) is 0.333. The number of ether oxygens (including phenoxy) is 5. The van der Waals surface area contributed by atoms with Gasteiger partial charge in [0.15, 0.2) is 11.4 Å². The van der Waals surface area contributed by atoms with Crippen LogP contribution in [-0.4, -0.2) is 72.3 Å². The summed E-state index contributed by atoms with van der Waals surface area (Å²) in [6.45, 7) is 1.29. The van der Waals surface area contributed by atoms with Gasteiger partial charge in [-0.05, 0) is 80.1 Å². The topological polar surface area (TPSA) is 126 Å². The number of esters is 2. The first-order valence-corrected chi connectivity index (χ1v) is 16.0. The van der Waals surface area contributed by atoms with E-state index in [9.17, 15) is 32.3 Å². The van der Waals surface area contributed by atoms with Crippen molar-refractivity contribution in [3.8, 4) is 34.0 Å². The number of benzene rings is 2. The summed E-state index contributed by atoms with van der Waals surface area (Å²) < 4.78 is 84.7. The molecule has 2 atom stereocenters. The molecule has 0 aliphatic carbocycles. The van der Waals surface area contributed by atoms with Gasteiger partial charge in [0.05, 0.1) is 26.4 Å². The summed E-state index contributed by atoms with van der Waals surface area (Å²) in [5.41, 5.74) is 1.56. The van der Waals surface area contributed by atoms with E-state index in [-0.39, 0.29) is 67.3 Å². The monoisotopic (exact) mass is 696 g/mol. The number of carbonyl (C=O) groups is 2. The molecule has 0 amide bonds. The van der Waals surface area contributed by atoms with Crippen LogP contribution in [0.15, 0.2) is 48.5 Å². The number of hydrogen-bond donors (Lipinski definition) is 1. The second kappa shape index (κ2) is 15.2. The molecule has 6 rings (SSSR count). The van der Waals surface area contributed by atoms with Crippen molar-refractivity contribution in [1.29, 1.82) is 0 Å². The minimum Gasteiger partial charge on any atom is -0.472 e. The molecule has 2 aliphatic heterocycles. The van der Waals surface area contributed by atoms with E-state index in [1.54, 1.807) is 6.92 Å². The summed E-state index contributed by atoms with van der Waals surface area (Å²) in [6.07, 6.45) is 0.592. The maximum Gasteiger partial charge on any atom is 0.357 e. The number of aliphatic hydroxyl groups is 1. The summed E-state index contributed by atoms with van der Waals surface area (Å²) in [4.78, 5) is 34.1. The smallest absolute Gasteiger partial charge is 0.357 e. The van der Waals surface area contributed by atoms with Crippen molar-refractivity contribution in [3.05, 3.63) is 94.3 Å². The zero-order chi connectivity index (χ0) is 35.4. The Labute approximate surface area is 283 Å². The summed E-state index contributed by atoms with van der Waals surface area (Å²) in [5, 5.41) is 9.58. The van der Waals surface area contributed by atoms with E-state index < -0.39 is 47.4 Å². The van der Waals surface area contributed by atoms with Crippen LogP contribution in [0.2, 0.25) is 0 Å². The number of rotatable bonds is 11. The van der Waals surface area contributed by atoms with Gasteiger partial charge in [-0.1, -0.05) is 0 Å². The summed E-state index contributed by atoms with van der Waals surface area (Å²) in [5.74, 6) is -4.55. The number of pyridine rings is 2. The molecule has 2 aromatic carbocycles. The fourth-order valence-corrected chi connectivity index (χ4v) is 5.86. The Morgan fingerprint density at radius 1 is 0.740 bits per heavy atom. The molecule has 4 heterocycles. The van der Waals surface area contributed by atoms with Gasteiger partial charge in [0.1, 0.15) is 42.1 Å². The SMILES string of the molecule is CCOC(=O)c1cc(-c2ccc(F)cc2F)c2c(n1)O[C@@H](COCCOC(=O)c1cc(-c3ccc(F)cc3F)c3c(n1)O[C@H](CO)CC3)CC2. The van der Waals surface area contributed by atoms with Gasteiger partial charge in [0, 0.05) is 34.4 Å². The van der Waals surface area contributed by atoms with Crippen LogP contribution in [0.25, 0.3) is 22.3 Å². The first-order chi connectivity index (χ1) is 24.1. The van der Waals surface area contributed by atoms with E-state index in [1.165, 1.54) is 24.3 Å². The lowest BCUT2D eigenvalue weighted by Gasteiger charge is -2.27. The molecular weight excluding hydrogens is 664 g/mol. The Hall–Kier alpha value is -5.08. The zero-order valence-corrected chi connectivity index (χ0v) is 26.8. The van der Waals surface area contributed by atoms with E-state index in [0.29, 0.717) is 47.9 Å². The second-order valence-corrected chi connectivity index (χ2v) is 11.6. The predicted molar refractivity (Wildman–Crippen MR) is 169 cm³/mol. The molecule has 2 aromatic heterocycles. The third-order valence-corrected chi connectivity index (χ3v) is 8.27. The lowest BCUT2D eigenvalue weighted by Crippen LogP contribution is -2.30. The van der Waals surface area contributed by atoms with Gasteiger partial charge in [-0.25, -0.2) is 37.1 Å². The standard InChI is InChI=1S/C36H32F4N2O8/c1-2-47-35(44)31-15-27(23-7-3-19(37)13-29(23)39)26-10-6-22(50-34(26)41-31)18-46-11-12-48-36(45)32-16-28(24-8-4-20(38)14-30(24)40)25-9-5-21(17-43)49-33(25)42-32/h3-4,7-8,13-16,21-22,43H,2,5-6,9-12,17-18H2,1H3/t21-,22+/m0/s1. The molecule has 0 fully saturated rings. The van der Waals surface area contributed by atoms with E-state index in [2.05, 4.69) is 9.97 Å². The maximum absolute atomic E-state index is 14.8. The lowest BCUT2D eigenvalue weighted by molar-refractivity contribution is 0.00664. The summed E-state index contributed by atoms with van der Waals surface area (Å²) >= 11 is 0. The predicted octanol–water partition coefficient (Wildman–Crippen LogP) is 5.80. The third-order valence-electron chi connectivity index (χ3n) is 8.27. The Morgan fingerprint density at radius 2 is 1.26 bits per heavy atom. The minimum absolute atomic E-state index is 0.0335. The highest BCUT2D eigenvalue weighted by Crippen LogP contribution is 2.38. The number of carbonyl (C=O) groups excluding carboxylic acids is 2. The molecule has 0 spiro atoms. The maximum atomic E-state index is 14.8. The number of hydrogen-bond acceptors (Lipinski definition) is 10. The van der Waals surface area contributed by atoms with Crippen molar-refractivity contribution in [2.24, 2.45) is 0 Å². The summed E-state index contributed by atoms with van der Waals surface area (Å²) in [6, 6.07) is 9.03. The highest BCUT2D eigenvalue weighted by Gasteiger charge is 2.29. The number of nitrogens with zero attached hydrogens (tertiary/aromatic N) is 2. The van der Waals surface area contributed by atoms with Gasteiger partial charge in [0.2, 0.25) is 11.8 Å². The fourth-order valence-electron chi connectivity index (χ4n) is 5.86. The van der Waals surface area contributed by atoms with Gasteiger partial charge >= 0.3 is 11.9 Å². The molecule has 1 N–H and O–H groups in total. The molecule has 50 heavy (non-hydrogen) atoms. The minimum atomic E-state index is -0.839. The number of halogens is 4. The first-order valence-electron chi connectivity index (χ1n) is 16.0.